The van der Waals surface area contributed by atoms with Crippen molar-refractivity contribution in [3.05, 3.63) is 60.8 Å². The fourth-order valence-electron chi connectivity index (χ4n) is 6.40. The number of nitrogens with zero attached hydrogens (tertiary/aromatic N) is 1. The summed E-state index contributed by atoms with van der Waals surface area (Å²) in [4.78, 5) is 23.0. The lowest BCUT2D eigenvalue weighted by atomic mass is 10.0. The molecule has 0 amide bonds. The number of likely N-dealkylation sites (N-methyl/N-ethyl adjacent to an activating group) is 1. The van der Waals surface area contributed by atoms with E-state index in [2.05, 4.69) is 74.6 Å². The number of ether oxygens (including phenoxy) is 2. The van der Waals surface area contributed by atoms with Gasteiger partial charge in [-0.25, -0.2) is 4.57 Å². The highest BCUT2D eigenvalue weighted by molar-refractivity contribution is 7.47. The number of unbranched alkanes of at least 4 members (excludes halogenated alkanes) is 20. The number of carbonyl (C=O) groups excluding carboxylic acids is 1. The second kappa shape index (κ2) is 42.9. The number of carbonyl (C=O) groups is 1. The Bertz CT molecular complexity index is 1130. The first-order valence-electron chi connectivity index (χ1n) is 24.0. The summed E-state index contributed by atoms with van der Waals surface area (Å²) in [6.07, 6.45) is 54.0. The third-order valence-electron chi connectivity index (χ3n) is 10.1. The molecule has 2 atom stereocenters. The summed E-state index contributed by atoms with van der Waals surface area (Å²) in [5, 5.41) is 0. The highest BCUT2D eigenvalue weighted by atomic mass is 31.2. The fourth-order valence-corrected chi connectivity index (χ4v) is 7.14. The maximum absolute atomic E-state index is 12.7. The van der Waals surface area contributed by atoms with Crippen LogP contribution in [0.2, 0.25) is 0 Å². The lowest BCUT2D eigenvalue weighted by Crippen LogP contribution is -2.37. The summed E-state index contributed by atoms with van der Waals surface area (Å²) < 4.78 is 35.1. The van der Waals surface area contributed by atoms with Gasteiger partial charge < -0.3 is 18.9 Å². The lowest BCUT2D eigenvalue weighted by Gasteiger charge is -2.24. The minimum atomic E-state index is -4.28. The molecule has 0 saturated heterocycles. The van der Waals surface area contributed by atoms with Crippen LogP contribution < -0.4 is 0 Å². The number of hydrogen-bond donors (Lipinski definition) is 1. The third-order valence-corrected chi connectivity index (χ3v) is 11.1. The molecule has 0 aromatic carbocycles. The zero-order valence-electron chi connectivity index (χ0n) is 39.0. The molecule has 0 spiro atoms. The number of rotatable bonds is 44. The zero-order valence-corrected chi connectivity index (χ0v) is 39.9. The number of phosphoric ester groups is 1. The van der Waals surface area contributed by atoms with Crippen molar-refractivity contribution in [1.82, 2.24) is 0 Å². The van der Waals surface area contributed by atoms with Gasteiger partial charge in [0.25, 0.3) is 0 Å². The van der Waals surface area contributed by atoms with Crippen LogP contribution in [0.3, 0.4) is 0 Å². The van der Waals surface area contributed by atoms with Gasteiger partial charge in [-0.15, -0.1) is 0 Å². The van der Waals surface area contributed by atoms with Crippen LogP contribution in [-0.4, -0.2) is 75.6 Å². The lowest BCUT2D eigenvalue weighted by molar-refractivity contribution is -0.870. The Labute approximate surface area is 364 Å². The number of esters is 1. The average molecular weight is 851 g/mol. The van der Waals surface area contributed by atoms with Crippen LogP contribution in [0.4, 0.5) is 0 Å². The van der Waals surface area contributed by atoms with Gasteiger partial charge in [0.05, 0.1) is 34.4 Å². The van der Waals surface area contributed by atoms with Gasteiger partial charge in [-0.1, -0.05) is 190 Å². The molecule has 1 N–H and O–H groups in total. The molecule has 0 aromatic heterocycles. The summed E-state index contributed by atoms with van der Waals surface area (Å²) >= 11 is 0. The number of allylic oxidation sites excluding steroid dienone is 10. The maximum atomic E-state index is 12.7. The van der Waals surface area contributed by atoms with Crippen LogP contribution >= 0.6 is 7.82 Å². The second-order valence-electron chi connectivity index (χ2n) is 17.1. The van der Waals surface area contributed by atoms with Crippen molar-refractivity contribution in [2.24, 2.45) is 0 Å². The summed E-state index contributed by atoms with van der Waals surface area (Å²) in [5.41, 5.74) is 0. The van der Waals surface area contributed by atoms with Crippen LogP contribution in [0, 0.1) is 0 Å². The van der Waals surface area contributed by atoms with Crippen LogP contribution in [-0.2, 0) is 27.9 Å². The molecule has 0 aliphatic rings. The highest BCUT2D eigenvalue weighted by Crippen LogP contribution is 2.43. The zero-order chi connectivity index (χ0) is 43.4. The van der Waals surface area contributed by atoms with Crippen molar-refractivity contribution in [1.29, 1.82) is 0 Å². The van der Waals surface area contributed by atoms with Gasteiger partial charge in [-0.05, 0) is 57.8 Å². The minimum Gasteiger partial charge on any atom is -0.457 e. The van der Waals surface area contributed by atoms with Crippen molar-refractivity contribution in [3.8, 4) is 0 Å². The molecular weight excluding hydrogens is 758 g/mol. The number of quaternary nitrogens is 1. The first-order valence-corrected chi connectivity index (χ1v) is 25.5. The van der Waals surface area contributed by atoms with Crippen LogP contribution in [0.15, 0.2) is 60.8 Å². The SMILES string of the molecule is CC/C=C\C/C=C\C/C=C\C/C=C\C/C=C\CCCCCCCC(=O)OC(COCCCCCCCCCCCCCCCCCC)COP(=O)(O)OCC[N+](C)(C)C. The predicted octanol–water partition coefficient (Wildman–Crippen LogP) is 14.5. The van der Waals surface area contributed by atoms with Crippen molar-refractivity contribution >= 4 is 13.8 Å². The first-order chi connectivity index (χ1) is 28.6. The van der Waals surface area contributed by atoms with E-state index in [4.69, 9.17) is 18.5 Å². The van der Waals surface area contributed by atoms with E-state index in [-0.39, 0.29) is 25.8 Å². The van der Waals surface area contributed by atoms with E-state index in [0.29, 0.717) is 24.1 Å². The van der Waals surface area contributed by atoms with Crippen molar-refractivity contribution in [2.45, 2.75) is 200 Å². The third kappa shape index (κ3) is 47.1. The van der Waals surface area contributed by atoms with Gasteiger partial charge >= 0.3 is 13.8 Å². The van der Waals surface area contributed by atoms with E-state index in [1.807, 2.05) is 21.1 Å². The van der Waals surface area contributed by atoms with Gasteiger partial charge in [0.2, 0.25) is 0 Å². The molecule has 9 heteroatoms. The Morgan fingerprint density at radius 2 is 0.983 bits per heavy atom. The van der Waals surface area contributed by atoms with Crippen molar-refractivity contribution < 1.29 is 37.3 Å². The molecule has 0 bridgehead atoms. The van der Waals surface area contributed by atoms with Crippen LogP contribution in [0.25, 0.3) is 0 Å². The normalized spacial score (nSPS) is 14.2. The smallest absolute Gasteiger partial charge is 0.457 e. The van der Waals surface area contributed by atoms with Crippen molar-refractivity contribution in [3.63, 3.8) is 0 Å². The predicted molar refractivity (Wildman–Crippen MR) is 252 cm³/mol. The molecule has 0 saturated carbocycles. The molecule has 0 fully saturated rings. The Hall–Kier alpha value is -1.80. The Balaban J connectivity index is 4.23. The molecule has 0 radical (unpaired) electrons. The molecule has 0 heterocycles. The molecule has 0 aliphatic heterocycles. The summed E-state index contributed by atoms with van der Waals surface area (Å²) in [6.45, 7) is 5.50. The van der Waals surface area contributed by atoms with Gasteiger partial charge in [-0.2, -0.15) is 0 Å². The molecule has 0 aromatic rings. The van der Waals surface area contributed by atoms with Crippen LogP contribution in [0.1, 0.15) is 194 Å². The summed E-state index contributed by atoms with van der Waals surface area (Å²) in [5.74, 6) is -0.331. The molecule has 0 rings (SSSR count). The molecule has 59 heavy (non-hydrogen) atoms. The van der Waals surface area contributed by atoms with E-state index in [1.54, 1.807) is 0 Å². The summed E-state index contributed by atoms with van der Waals surface area (Å²) in [6, 6.07) is 0. The topological polar surface area (TPSA) is 91.3 Å². The Morgan fingerprint density at radius 1 is 0.542 bits per heavy atom. The second-order valence-corrected chi connectivity index (χ2v) is 18.6. The van der Waals surface area contributed by atoms with Crippen molar-refractivity contribution in [2.75, 3.05) is 54.1 Å². The van der Waals surface area contributed by atoms with E-state index in [9.17, 15) is 14.3 Å². The van der Waals surface area contributed by atoms with Gasteiger partial charge in [0.15, 0.2) is 0 Å². The fraction of sp³-hybridized carbons (Fsp3) is 0.780. The Morgan fingerprint density at radius 3 is 1.47 bits per heavy atom. The van der Waals surface area contributed by atoms with Crippen LogP contribution in [0.5, 0.6) is 0 Å². The number of hydrogen-bond acceptors (Lipinski definition) is 6. The monoisotopic (exact) mass is 851 g/mol. The van der Waals surface area contributed by atoms with E-state index in [0.717, 1.165) is 83.5 Å². The molecule has 0 aliphatic carbocycles. The molecule has 2 unspecified atom stereocenters. The highest BCUT2D eigenvalue weighted by Gasteiger charge is 2.26. The number of phosphoric acid groups is 1. The Kier molecular flexibility index (Phi) is 41.6. The summed E-state index contributed by atoms with van der Waals surface area (Å²) in [7, 11) is 1.65. The first kappa shape index (κ1) is 57.2. The minimum absolute atomic E-state index is 0.0831. The molecule has 8 nitrogen and oxygen atoms in total. The average Bonchev–Trinajstić information content (AvgIpc) is 3.19. The molecular formula is C50H93NO7P+. The maximum Gasteiger partial charge on any atom is 0.472 e. The quantitative estimate of drug-likeness (QED) is 0.0215. The van der Waals surface area contributed by atoms with Gasteiger partial charge in [0.1, 0.15) is 19.3 Å². The van der Waals surface area contributed by atoms with E-state index < -0.39 is 13.9 Å². The largest absolute Gasteiger partial charge is 0.472 e. The van der Waals surface area contributed by atoms with Gasteiger partial charge in [0, 0.05) is 13.0 Å². The van der Waals surface area contributed by atoms with E-state index in [1.165, 1.54) is 89.9 Å². The van der Waals surface area contributed by atoms with E-state index >= 15 is 0 Å². The standard InChI is InChI=1S/C50H92NO7P/c1-6-8-10-12-14-16-18-20-22-24-25-26-27-28-29-31-33-35-37-39-41-43-50(52)58-49(48-57-59(53,54)56-46-44-51(3,4)5)47-55-45-42-40-38-36-34-32-30-23-21-19-17-15-13-11-9-7-2/h8,10,14,16,20,22,25-26,28-29,49H,6-7,9,11-13,15,17-19,21,23-24,27,30-48H2,1-5H3/p+1/b10-8-,16-14-,22-20-,26-25-,29-28-. The van der Waals surface area contributed by atoms with Gasteiger partial charge in [-0.3, -0.25) is 13.8 Å². The molecule has 344 valence electrons.